The first-order valence-electron chi connectivity index (χ1n) is 9.90. The molecule has 1 aromatic rings. The molecule has 0 aliphatic carbocycles. The van der Waals surface area contributed by atoms with Crippen molar-refractivity contribution in [1.29, 1.82) is 0 Å². The highest BCUT2D eigenvalue weighted by atomic mass is 16.2. The summed E-state index contributed by atoms with van der Waals surface area (Å²) in [5.74, 6) is 0.133. The lowest BCUT2D eigenvalue weighted by Gasteiger charge is -2.27. The van der Waals surface area contributed by atoms with Crippen LogP contribution in [0.2, 0.25) is 0 Å². The van der Waals surface area contributed by atoms with E-state index in [2.05, 4.69) is 10.2 Å². The van der Waals surface area contributed by atoms with Gasteiger partial charge in [-0.15, -0.1) is 0 Å². The van der Waals surface area contributed by atoms with E-state index in [4.69, 9.17) is 0 Å². The molecule has 1 aliphatic rings. The molecule has 1 saturated heterocycles. The van der Waals surface area contributed by atoms with E-state index in [1.807, 2.05) is 7.05 Å². The van der Waals surface area contributed by atoms with Crippen molar-refractivity contribution in [3.05, 3.63) is 29.8 Å². The van der Waals surface area contributed by atoms with Crippen molar-refractivity contribution in [3.8, 4) is 0 Å². The number of rotatable bonds is 10. The minimum atomic E-state index is -0.0482. The number of unbranched alkanes of at least 4 members (excludes halogenated alkanes) is 1. The zero-order valence-electron chi connectivity index (χ0n) is 16.3. The van der Waals surface area contributed by atoms with Crippen LogP contribution in [0.15, 0.2) is 24.3 Å². The van der Waals surface area contributed by atoms with E-state index in [9.17, 15) is 14.4 Å². The minimum absolute atomic E-state index is 0.0482. The lowest BCUT2D eigenvalue weighted by molar-refractivity contribution is -0.130. The van der Waals surface area contributed by atoms with Gasteiger partial charge in [0.25, 0.3) is 0 Å². The molecule has 6 heteroatoms. The zero-order chi connectivity index (χ0) is 19.5. The van der Waals surface area contributed by atoms with Crippen molar-refractivity contribution >= 4 is 23.8 Å². The normalized spacial score (nSPS) is 14.6. The third-order valence-electron chi connectivity index (χ3n) is 4.99. The number of hydrogen-bond donors (Lipinski definition) is 1. The molecule has 1 aliphatic heterocycles. The molecule has 0 atom stereocenters. The summed E-state index contributed by atoms with van der Waals surface area (Å²) < 4.78 is 0. The minimum Gasteiger partial charge on any atom is -0.346 e. The van der Waals surface area contributed by atoms with E-state index in [1.165, 1.54) is 19.3 Å². The van der Waals surface area contributed by atoms with E-state index in [-0.39, 0.29) is 11.8 Å². The third kappa shape index (κ3) is 7.91. The van der Waals surface area contributed by atoms with Crippen molar-refractivity contribution in [2.75, 3.05) is 38.5 Å². The van der Waals surface area contributed by atoms with E-state index in [1.54, 1.807) is 29.2 Å². The molecule has 0 saturated carbocycles. The monoisotopic (exact) mass is 373 g/mol. The molecule has 2 amide bonds. The van der Waals surface area contributed by atoms with Crippen LogP contribution in [0, 0.1) is 0 Å². The highest BCUT2D eigenvalue weighted by Crippen LogP contribution is 2.11. The summed E-state index contributed by atoms with van der Waals surface area (Å²) in [6.07, 6.45) is 7.11. The number of anilines is 1. The Bertz CT molecular complexity index is 610. The number of nitrogens with zero attached hydrogens (tertiary/aromatic N) is 2. The smallest absolute Gasteiger partial charge is 0.224 e. The maximum Gasteiger partial charge on any atom is 0.224 e. The Morgan fingerprint density at radius 3 is 2.44 bits per heavy atom. The number of piperidine rings is 1. The lowest BCUT2D eigenvalue weighted by atomic mass is 10.1. The second-order valence-electron chi connectivity index (χ2n) is 7.21. The third-order valence-corrected chi connectivity index (χ3v) is 4.99. The Kier molecular flexibility index (Phi) is 8.98. The van der Waals surface area contributed by atoms with Gasteiger partial charge in [-0.1, -0.05) is 6.42 Å². The van der Waals surface area contributed by atoms with Gasteiger partial charge >= 0.3 is 0 Å². The molecular formula is C21H31N3O3. The molecular weight excluding hydrogens is 342 g/mol. The molecule has 0 spiro atoms. The van der Waals surface area contributed by atoms with Crippen LogP contribution in [-0.4, -0.2) is 61.1 Å². The largest absolute Gasteiger partial charge is 0.346 e. The van der Waals surface area contributed by atoms with E-state index < -0.39 is 0 Å². The lowest BCUT2D eigenvalue weighted by Crippen LogP contribution is -2.35. The highest BCUT2D eigenvalue weighted by Gasteiger charge is 2.14. The number of benzene rings is 1. The van der Waals surface area contributed by atoms with Crippen LogP contribution in [0.1, 0.15) is 55.3 Å². The van der Waals surface area contributed by atoms with Gasteiger partial charge < -0.3 is 15.1 Å². The Morgan fingerprint density at radius 1 is 1.07 bits per heavy atom. The Hall–Kier alpha value is -2.21. The topological polar surface area (TPSA) is 69.7 Å². The Balaban J connectivity index is 1.56. The number of nitrogens with one attached hydrogen (secondary N) is 1. The average Bonchev–Trinajstić information content (AvgIpc) is 2.70. The van der Waals surface area contributed by atoms with Gasteiger partial charge in [0.1, 0.15) is 6.29 Å². The van der Waals surface area contributed by atoms with Crippen LogP contribution in [-0.2, 0) is 9.59 Å². The molecule has 1 fully saturated rings. The van der Waals surface area contributed by atoms with Gasteiger partial charge in [0.2, 0.25) is 11.8 Å². The summed E-state index contributed by atoms with van der Waals surface area (Å²) >= 11 is 0. The van der Waals surface area contributed by atoms with Crippen LogP contribution in [0.25, 0.3) is 0 Å². The Morgan fingerprint density at radius 2 is 1.78 bits per heavy atom. The molecule has 0 unspecified atom stereocenters. The molecule has 27 heavy (non-hydrogen) atoms. The fourth-order valence-corrected chi connectivity index (χ4v) is 3.26. The van der Waals surface area contributed by atoms with Crippen molar-refractivity contribution in [3.63, 3.8) is 0 Å². The van der Waals surface area contributed by atoms with Gasteiger partial charge in [-0.2, -0.15) is 0 Å². The fourth-order valence-electron chi connectivity index (χ4n) is 3.26. The van der Waals surface area contributed by atoms with Gasteiger partial charge in [0.15, 0.2) is 0 Å². The van der Waals surface area contributed by atoms with Gasteiger partial charge in [-0.25, -0.2) is 0 Å². The molecule has 0 aromatic heterocycles. The number of hydrogen-bond acceptors (Lipinski definition) is 4. The number of likely N-dealkylation sites (tertiary alicyclic amines) is 1. The van der Waals surface area contributed by atoms with Gasteiger partial charge in [-0.05, 0) is 63.0 Å². The second kappa shape index (κ2) is 11.5. The number of carbonyl (C=O) groups excluding carboxylic acids is 3. The van der Waals surface area contributed by atoms with Crippen molar-refractivity contribution in [2.24, 2.45) is 0 Å². The maximum absolute atomic E-state index is 12.2. The summed E-state index contributed by atoms with van der Waals surface area (Å²) in [6.45, 7) is 3.77. The molecule has 148 valence electrons. The molecule has 0 bridgehead atoms. The van der Waals surface area contributed by atoms with Crippen LogP contribution in [0.5, 0.6) is 0 Å². The molecule has 6 nitrogen and oxygen atoms in total. The fraction of sp³-hybridized carbons (Fsp3) is 0.571. The quantitative estimate of drug-likeness (QED) is 0.506. The van der Waals surface area contributed by atoms with E-state index in [0.717, 1.165) is 38.8 Å². The van der Waals surface area contributed by atoms with Crippen molar-refractivity contribution in [2.45, 2.75) is 44.9 Å². The van der Waals surface area contributed by atoms with Crippen LogP contribution >= 0.6 is 0 Å². The highest BCUT2D eigenvalue weighted by molar-refractivity contribution is 5.91. The van der Waals surface area contributed by atoms with E-state index >= 15 is 0 Å². The number of amides is 2. The predicted octanol–water partition coefficient (Wildman–Crippen LogP) is 2.94. The van der Waals surface area contributed by atoms with Gasteiger partial charge in [0.05, 0.1) is 0 Å². The SMILES string of the molecule is CN(CCCCC(=O)Nc1ccc(C=O)cc1)C(=O)CCN1CCCCC1. The standard InChI is InChI=1S/C21H31N3O3/c1-23(21(27)12-16-24-14-4-2-5-15-24)13-6-3-7-20(26)22-19-10-8-18(17-25)9-11-19/h8-11,17H,2-7,12-16H2,1H3,(H,22,26). The molecule has 1 aromatic carbocycles. The van der Waals surface area contributed by atoms with E-state index in [0.29, 0.717) is 30.6 Å². The Labute approximate surface area is 161 Å². The first-order valence-corrected chi connectivity index (χ1v) is 9.90. The predicted molar refractivity (Wildman–Crippen MR) is 107 cm³/mol. The van der Waals surface area contributed by atoms with Crippen LogP contribution in [0.3, 0.4) is 0 Å². The summed E-state index contributed by atoms with van der Waals surface area (Å²) in [5.41, 5.74) is 1.27. The average molecular weight is 373 g/mol. The maximum atomic E-state index is 12.2. The summed E-state index contributed by atoms with van der Waals surface area (Å²) in [7, 11) is 1.84. The van der Waals surface area contributed by atoms with Gasteiger partial charge in [0, 0.05) is 44.2 Å². The summed E-state index contributed by atoms with van der Waals surface area (Å²) in [5, 5.41) is 2.82. The number of aldehydes is 1. The molecule has 1 heterocycles. The number of carbonyl (C=O) groups is 3. The first-order chi connectivity index (χ1) is 13.1. The van der Waals surface area contributed by atoms with Gasteiger partial charge in [-0.3, -0.25) is 14.4 Å². The molecule has 0 radical (unpaired) electrons. The summed E-state index contributed by atoms with van der Waals surface area (Å²) in [4.78, 5) is 38.9. The summed E-state index contributed by atoms with van der Waals surface area (Å²) in [6, 6.07) is 6.78. The zero-order valence-corrected chi connectivity index (χ0v) is 16.3. The second-order valence-corrected chi connectivity index (χ2v) is 7.21. The van der Waals surface area contributed by atoms with Crippen LogP contribution in [0.4, 0.5) is 5.69 Å². The first kappa shape index (κ1) is 21.1. The van der Waals surface area contributed by atoms with Crippen molar-refractivity contribution < 1.29 is 14.4 Å². The van der Waals surface area contributed by atoms with Crippen LogP contribution < -0.4 is 5.32 Å². The molecule has 1 N–H and O–H groups in total. The van der Waals surface area contributed by atoms with Crippen molar-refractivity contribution in [1.82, 2.24) is 9.80 Å². The molecule has 2 rings (SSSR count).